The molecule has 0 aliphatic carbocycles. The molecule has 1 aromatic rings. The van der Waals surface area contributed by atoms with Gasteiger partial charge in [0, 0.05) is 27.9 Å². The number of hydrogen-bond donors (Lipinski definition) is 0. The molecule has 0 saturated heterocycles. The van der Waals surface area contributed by atoms with E-state index < -0.39 is 0 Å². The Bertz CT molecular complexity index is 384. The minimum atomic E-state index is 0.0190. The van der Waals surface area contributed by atoms with Crippen LogP contribution in [0.3, 0.4) is 0 Å². The fourth-order valence-corrected chi connectivity index (χ4v) is 2.62. The monoisotopic (exact) mass is 367 g/mol. The van der Waals surface area contributed by atoms with Crippen molar-refractivity contribution < 1.29 is 4.79 Å². The van der Waals surface area contributed by atoms with Gasteiger partial charge in [0.05, 0.1) is 5.56 Å². The van der Waals surface area contributed by atoms with E-state index in [0.717, 1.165) is 9.80 Å². The van der Waals surface area contributed by atoms with Crippen LogP contribution in [0.25, 0.3) is 0 Å². The van der Waals surface area contributed by atoms with E-state index in [1.807, 2.05) is 6.92 Å². The summed E-state index contributed by atoms with van der Waals surface area (Å²) in [6, 6.07) is 5.20. The highest BCUT2D eigenvalue weighted by Crippen LogP contribution is 2.22. The van der Waals surface area contributed by atoms with E-state index >= 15 is 0 Å². The van der Waals surface area contributed by atoms with Crippen LogP contribution in [-0.4, -0.2) is 29.2 Å². The first-order valence-electron chi connectivity index (χ1n) is 4.90. The highest BCUT2D eigenvalue weighted by molar-refractivity contribution is 9.10. The van der Waals surface area contributed by atoms with Crippen LogP contribution in [0, 0.1) is 0 Å². The Hall–Kier alpha value is -0.0600. The first-order valence-corrected chi connectivity index (χ1v) is 7.19. The molecule has 0 radical (unpaired) electrons. The average molecular weight is 369 g/mol. The van der Waals surface area contributed by atoms with Crippen molar-refractivity contribution in [2.45, 2.75) is 6.92 Å². The van der Waals surface area contributed by atoms with E-state index in [9.17, 15) is 4.79 Å². The second-order valence-corrected chi connectivity index (χ2v) is 5.28. The van der Waals surface area contributed by atoms with E-state index in [1.54, 1.807) is 23.1 Å². The molecule has 0 aliphatic rings. The minimum Gasteiger partial charge on any atom is -0.338 e. The highest BCUT2D eigenvalue weighted by Gasteiger charge is 2.16. The molecule has 1 aromatic carbocycles. The van der Waals surface area contributed by atoms with E-state index in [4.69, 9.17) is 11.6 Å². The maximum atomic E-state index is 12.1. The summed E-state index contributed by atoms with van der Waals surface area (Å²) in [5.41, 5.74) is 0.646. The van der Waals surface area contributed by atoms with E-state index in [0.29, 0.717) is 23.7 Å². The zero-order valence-electron chi connectivity index (χ0n) is 8.84. The third-order valence-corrected chi connectivity index (χ3v) is 3.43. The molecule has 1 rings (SSSR count). The van der Waals surface area contributed by atoms with E-state index in [2.05, 4.69) is 31.9 Å². The molecule has 0 aromatic heterocycles. The molecule has 1 amide bonds. The quantitative estimate of drug-likeness (QED) is 0.736. The Morgan fingerprint density at radius 2 is 2.19 bits per heavy atom. The summed E-state index contributed by atoms with van der Waals surface area (Å²) >= 11 is 12.5. The number of carbonyl (C=O) groups is 1. The van der Waals surface area contributed by atoms with Gasteiger partial charge in [-0.3, -0.25) is 4.79 Å². The van der Waals surface area contributed by atoms with Crippen molar-refractivity contribution >= 4 is 49.4 Å². The fourth-order valence-electron chi connectivity index (χ4n) is 1.34. The lowest BCUT2D eigenvalue weighted by atomic mass is 10.2. The molecule has 0 fully saturated rings. The Labute approximate surface area is 117 Å². The molecule has 0 spiro atoms. The van der Waals surface area contributed by atoms with Gasteiger partial charge in [0.25, 0.3) is 5.91 Å². The molecular weight excluding hydrogens is 357 g/mol. The van der Waals surface area contributed by atoms with Crippen molar-refractivity contribution in [1.82, 2.24) is 4.90 Å². The predicted octanol–water partition coefficient (Wildman–Crippen LogP) is 3.96. The van der Waals surface area contributed by atoms with Crippen molar-refractivity contribution in [2.24, 2.45) is 0 Å². The Balaban J connectivity index is 2.94. The molecule has 0 unspecified atom stereocenters. The van der Waals surface area contributed by atoms with Crippen LogP contribution < -0.4 is 0 Å². The number of rotatable bonds is 4. The second kappa shape index (κ2) is 6.62. The molecule has 0 heterocycles. The lowest BCUT2D eigenvalue weighted by Crippen LogP contribution is -2.32. The van der Waals surface area contributed by atoms with Gasteiger partial charge < -0.3 is 4.90 Å². The Morgan fingerprint density at radius 3 is 2.69 bits per heavy atom. The zero-order valence-corrected chi connectivity index (χ0v) is 12.8. The number of benzene rings is 1. The molecule has 5 heteroatoms. The molecular formula is C11H12Br2ClNO. The van der Waals surface area contributed by atoms with Gasteiger partial charge in [0.15, 0.2) is 0 Å². The van der Waals surface area contributed by atoms with Crippen LogP contribution in [0.4, 0.5) is 0 Å². The van der Waals surface area contributed by atoms with Gasteiger partial charge in [-0.25, -0.2) is 0 Å². The summed E-state index contributed by atoms with van der Waals surface area (Å²) in [7, 11) is 0. The van der Waals surface area contributed by atoms with Crippen molar-refractivity contribution in [3.05, 3.63) is 33.3 Å². The number of alkyl halides is 1. The summed E-state index contributed by atoms with van der Waals surface area (Å²) in [6.45, 7) is 3.36. The summed E-state index contributed by atoms with van der Waals surface area (Å²) in [5.74, 6) is 0.0190. The maximum Gasteiger partial charge on any atom is 0.255 e. The van der Waals surface area contributed by atoms with Crippen LogP contribution >= 0.6 is 43.5 Å². The van der Waals surface area contributed by atoms with Gasteiger partial charge in [0.2, 0.25) is 0 Å². The van der Waals surface area contributed by atoms with Crippen LogP contribution in [0.2, 0.25) is 5.02 Å². The first-order chi connectivity index (χ1) is 7.60. The summed E-state index contributed by atoms with van der Waals surface area (Å²) in [6.07, 6.45) is 0. The van der Waals surface area contributed by atoms with Gasteiger partial charge >= 0.3 is 0 Å². The van der Waals surface area contributed by atoms with Gasteiger partial charge in [-0.2, -0.15) is 0 Å². The molecule has 0 bridgehead atoms. The van der Waals surface area contributed by atoms with Crippen molar-refractivity contribution in [3.63, 3.8) is 0 Å². The number of nitrogens with zero attached hydrogens (tertiary/aromatic N) is 1. The largest absolute Gasteiger partial charge is 0.338 e. The van der Waals surface area contributed by atoms with E-state index in [-0.39, 0.29) is 5.91 Å². The third-order valence-electron chi connectivity index (χ3n) is 2.18. The first kappa shape index (κ1) is 14.0. The zero-order chi connectivity index (χ0) is 12.1. The minimum absolute atomic E-state index is 0.0190. The maximum absolute atomic E-state index is 12.1. The van der Waals surface area contributed by atoms with Gasteiger partial charge in [-0.1, -0.05) is 27.5 Å². The average Bonchev–Trinajstić information content (AvgIpc) is 2.25. The molecule has 0 saturated carbocycles. The number of amides is 1. The van der Waals surface area contributed by atoms with Crippen molar-refractivity contribution in [2.75, 3.05) is 18.4 Å². The van der Waals surface area contributed by atoms with Crippen LogP contribution in [-0.2, 0) is 0 Å². The molecule has 0 atom stereocenters. The molecule has 2 nitrogen and oxygen atoms in total. The predicted molar refractivity (Wildman–Crippen MR) is 74.5 cm³/mol. The van der Waals surface area contributed by atoms with Gasteiger partial charge in [0.1, 0.15) is 0 Å². The summed E-state index contributed by atoms with van der Waals surface area (Å²) < 4.78 is 0.734. The van der Waals surface area contributed by atoms with Crippen LogP contribution in [0.5, 0.6) is 0 Å². The lowest BCUT2D eigenvalue weighted by Gasteiger charge is -2.20. The van der Waals surface area contributed by atoms with Crippen molar-refractivity contribution in [3.8, 4) is 0 Å². The summed E-state index contributed by atoms with van der Waals surface area (Å²) in [5, 5.41) is 1.39. The number of hydrogen-bond acceptors (Lipinski definition) is 1. The normalized spacial score (nSPS) is 10.2. The number of halogens is 3. The molecule has 0 aliphatic heterocycles. The lowest BCUT2D eigenvalue weighted by molar-refractivity contribution is 0.0774. The van der Waals surface area contributed by atoms with E-state index in [1.165, 1.54) is 0 Å². The fraction of sp³-hybridized carbons (Fsp3) is 0.364. The van der Waals surface area contributed by atoms with Gasteiger partial charge in [-0.15, -0.1) is 0 Å². The third kappa shape index (κ3) is 3.47. The highest BCUT2D eigenvalue weighted by atomic mass is 79.9. The SMILES string of the molecule is CCN(CCBr)C(=O)c1ccc(Cl)cc1Br. The molecule has 88 valence electrons. The standard InChI is InChI=1S/C11H12Br2ClNO/c1-2-15(6-5-12)11(16)9-4-3-8(14)7-10(9)13/h3-4,7H,2,5-6H2,1H3. The topological polar surface area (TPSA) is 20.3 Å². The molecule has 0 N–H and O–H groups in total. The van der Waals surface area contributed by atoms with Crippen LogP contribution in [0.1, 0.15) is 17.3 Å². The van der Waals surface area contributed by atoms with Crippen molar-refractivity contribution in [1.29, 1.82) is 0 Å². The second-order valence-electron chi connectivity index (χ2n) is 3.20. The smallest absolute Gasteiger partial charge is 0.255 e. The Morgan fingerprint density at radius 1 is 1.50 bits per heavy atom. The number of carbonyl (C=O) groups excluding carboxylic acids is 1. The molecule has 16 heavy (non-hydrogen) atoms. The summed E-state index contributed by atoms with van der Waals surface area (Å²) in [4.78, 5) is 13.9. The Kier molecular flexibility index (Phi) is 5.79. The van der Waals surface area contributed by atoms with Crippen LogP contribution in [0.15, 0.2) is 22.7 Å². The van der Waals surface area contributed by atoms with Gasteiger partial charge in [-0.05, 0) is 41.1 Å².